The van der Waals surface area contributed by atoms with Gasteiger partial charge in [0.25, 0.3) is 0 Å². The monoisotopic (exact) mass is 446 g/mol. The second-order valence-electron chi connectivity index (χ2n) is 6.15. The number of halogens is 1. The van der Waals surface area contributed by atoms with Crippen LogP contribution in [0.2, 0.25) is 0 Å². The minimum atomic E-state index is -3.78. The van der Waals surface area contributed by atoms with Crippen LogP contribution in [-0.4, -0.2) is 50.9 Å². The molecule has 0 bridgehead atoms. The normalized spacial score (nSPS) is 17.0. The first-order chi connectivity index (χ1) is 12.2. The standard InChI is InChI=1S/C17H23BrN2O5S/c1-3-25-17(22)13-8-10-20(11-9-13)16(21)12(2)19-26(23,24)15-6-4-14(18)5-7-15/h4-7,12-13,19H,3,8-11H2,1-2H3. The molecule has 1 heterocycles. The summed E-state index contributed by atoms with van der Waals surface area (Å²) in [6, 6.07) is 5.30. The summed E-state index contributed by atoms with van der Waals surface area (Å²) in [7, 11) is -3.78. The fourth-order valence-corrected chi connectivity index (χ4v) is 4.30. The number of carbonyl (C=O) groups excluding carboxylic acids is 2. The highest BCUT2D eigenvalue weighted by Crippen LogP contribution is 2.20. The SMILES string of the molecule is CCOC(=O)C1CCN(C(=O)C(C)NS(=O)(=O)c2ccc(Br)cc2)CC1. The van der Waals surface area contributed by atoms with E-state index < -0.39 is 16.1 Å². The number of nitrogens with zero attached hydrogens (tertiary/aromatic N) is 1. The first-order valence-electron chi connectivity index (χ1n) is 8.48. The van der Waals surface area contributed by atoms with Gasteiger partial charge in [0, 0.05) is 17.6 Å². The molecule has 0 aliphatic carbocycles. The maximum atomic E-state index is 12.5. The lowest BCUT2D eigenvalue weighted by Gasteiger charge is -2.32. The van der Waals surface area contributed by atoms with Crippen molar-refractivity contribution in [3.8, 4) is 0 Å². The molecule has 144 valence electrons. The van der Waals surface area contributed by atoms with Crippen LogP contribution in [0, 0.1) is 5.92 Å². The highest BCUT2D eigenvalue weighted by Gasteiger charge is 2.31. The van der Waals surface area contributed by atoms with Crippen molar-refractivity contribution in [2.45, 2.75) is 37.6 Å². The average Bonchev–Trinajstić information content (AvgIpc) is 2.61. The first-order valence-corrected chi connectivity index (χ1v) is 10.8. The number of carbonyl (C=O) groups is 2. The molecular formula is C17H23BrN2O5S. The molecule has 0 radical (unpaired) electrons. The molecule has 0 spiro atoms. The Hall–Kier alpha value is -1.45. The van der Waals surface area contributed by atoms with Gasteiger partial charge in [-0.15, -0.1) is 0 Å². The lowest BCUT2D eigenvalue weighted by atomic mass is 9.96. The van der Waals surface area contributed by atoms with Gasteiger partial charge in [-0.05, 0) is 51.0 Å². The number of hydrogen-bond donors (Lipinski definition) is 1. The molecule has 26 heavy (non-hydrogen) atoms. The summed E-state index contributed by atoms with van der Waals surface area (Å²) in [4.78, 5) is 26.0. The van der Waals surface area contributed by atoms with Crippen molar-refractivity contribution in [3.05, 3.63) is 28.7 Å². The first kappa shape index (κ1) is 20.9. The molecule has 1 aromatic rings. The van der Waals surface area contributed by atoms with Crippen LogP contribution in [0.1, 0.15) is 26.7 Å². The van der Waals surface area contributed by atoms with Crippen LogP contribution in [0.3, 0.4) is 0 Å². The van der Waals surface area contributed by atoms with E-state index in [1.807, 2.05) is 0 Å². The fraction of sp³-hybridized carbons (Fsp3) is 0.529. The van der Waals surface area contributed by atoms with Crippen LogP contribution < -0.4 is 4.72 Å². The quantitative estimate of drug-likeness (QED) is 0.673. The Morgan fingerprint density at radius 1 is 1.27 bits per heavy atom. The number of nitrogens with one attached hydrogen (secondary N) is 1. The number of likely N-dealkylation sites (tertiary alicyclic amines) is 1. The number of rotatable bonds is 6. The molecule has 1 aromatic carbocycles. The lowest BCUT2D eigenvalue weighted by Crippen LogP contribution is -2.49. The van der Waals surface area contributed by atoms with Gasteiger partial charge in [0.15, 0.2) is 0 Å². The molecular weight excluding hydrogens is 424 g/mol. The lowest BCUT2D eigenvalue weighted by molar-refractivity contribution is -0.151. The van der Waals surface area contributed by atoms with Crippen molar-refractivity contribution < 1.29 is 22.7 Å². The van der Waals surface area contributed by atoms with Crippen molar-refractivity contribution >= 4 is 37.8 Å². The van der Waals surface area contributed by atoms with E-state index in [0.717, 1.165) is 4.47 Å². The predicted molar refractivity (Wildman–Crippen MR) is 99.9 cm³/mol. The third-order valence-electron chi connectivity index (χ3n) is 4.25. The van der Waals surface area contributed by atoms with Crippen LogP contribution in [0.25, 0.3) is 0 Å². The van der Waals surface area contributed by atoms with E-state index in [2.05, 4.69) is 20.7 Å². The fourth-order valence-electron chi connectivity index (χ4n) is 2.83. The summed E-state index contributed by atoms with van der Waals surface area (Å²) >= 11 is 3.25. The van der Waals surface area contributed by atoms with Gasteiger partial charge in [-0.1, -0.05) is 15.9 Å². The third kappa shape index (κ3) is 5.28. The van der Waals surface area contributed by atoms with Gasteiger partial charge in [-0.2, -0.15) is 4.72 Å². The van der Waals surface area contributed by atoms with Crippen molar-refractivity contribution in [2.24, 2.45) is 5.92 Å². The average molecular weight is 447 g/mol. The predicted octanol–water partition coefficient (Wildman–Crippen LogP) is 1.92. The summed E-state index contributed by atoms with van der Waals surface area (Å²) in [6.45, 7) is 4.44. The highest BCUT2D eigenvalue weighted by molar-refractivity contribution is 9.10. The van der Waals surface area contributed by atoms with Gasteiger partial charge in [0.1, 0.15) is 0 Å². The van der Waals surface area contributed by atoms with Crippen molar-refractivity contribution in [2.75, 3.05) is 19.7 Å². The Kier molecular flexibility index (Phi) is 7.19. The second-order valence-corrected chi connectivity index (χ2v) is 8.78. The van der Waals surface area contributed by atoms with Crippen molar-refractivity contribution in [1.29, 1.82) is 0 Å². The van der Waals surface area contributed by atoms with Crippen LogP contribution in [0.15, 0.2) is 33.6 Å². The van der Waals surface area contributed by atoms with Gasteiger partial charge in [0.05, 0.1) is 23.5 Å². The summed E-state index contributed by atoms with van der Waals surface area (Å²) in [5, 5.41) is 0. The smallest absolute Gasteiger partial charge is 0.309 e. The van der Waals surface area contributed by atoms with E-state index in [4.69, 9.17) is 4.74 Å². The van der Waals surface area contributed by atoms with Crippen LogP contribution in [0.4, 0.5) is 0 Å². The van der Waals surface area contributed by atoms with E-state index in [1.54, 1.807) is 24.0 Å². The highest BCUT2D eigenvalue weighted by atomic mass is 79.9. The van der Waals surface area contributed by atoms with E-state index in [-0.39, 0.29) is 22.7 Å². The van der Waals surface area contributed by atoms with Gasteiger partial charge >= 0.3 is 5.97 Å². The van der Waals surface area contributed by atoms with Crippen molar-refractivity contribution in [3.63, 3.8) is 0 Å². The summed E-state index contributed by atoms with van der Waals surface area (Å²) in [5.74, 6) is -0.731. The number of sulfonamides is 1. The third-order valence-corrected chi connectivity index (χ3v) is 6.34. The summed E-state index contributed by atoms with van der Waals surface area (Å²) in [5.41, 5.74) is 0. The van der Waals surface area contributed by atoms with Gasteiger partial charge in [0.2, 0.25) is 15.9 Å². The van der Waals surface area contributed by atoms with Crippen LogP contribution in [0.5, 0.6) is 0 Å². The van der Waals surface area contributed by atoms with Crippen molar-refractivity contribution in [1.82, 2.24) is 9.62 Å². The minimum absolute atomic E-state index is 0.0985. The summed E-state index contributed by atoms with van der Waals surface area (Å²) < 4.78 is 33.0. The molecule has 1 aliphatic heterocycles. The maximum Gasteiger partial charge on any atom is 0.309 e. The van der Waals surface area contributed by atoms with Crippen LogP contribution >= 0.6 is 15.9 Å². The largest absolute Gasteiger partial charge is 0.466 e. The van der Waals surface area contributed by atoms with E-state index in [9.17, 15) is 18.0 Å². The number of piperidine rings is 1. The topological polar surface area (TPSA) is 92.8 Å². The van der Waals surface area contributed by atoms with Gasteiger partial charge < -0.3 is 9.64 Å². The number of amides is 1. The van der Waals surface area contributed by atoms with E-state index >= 15 is 0 Å². The molecule has 1 unspecified atom stereocenters. The number of esters is 1. The van der Waals surface area contributed by atoms with Crippen LogP contribution in [-0.2, 0) is 24.3 Å². The number of ether oxygens (including phenoxy) is 1. The molecule has 9 heteroatoms. The molecule has 1 atom stereocenters. The van der Waals surface area contributed by atoms with Gasteiger partial charge in [-0.25, -0.2) is 8.42 Å². The zero-order valence-corrected chi connectivity index (χ0v) is 17.2. The molecule has 1 fully saturated rings. The molecule has 0 saturated carbocycles. The minimum Gasteiger partial charge on any atom is -0.466 e. The number of hydrogen-bond acceptors (Lipinski definition) is 5. The molecule has 1 saturated heterocycles. The molecule has 1 amide bonds. The molecule has 1 N–H and O–H groups in total. The zero-order chi connectivity index (χ0) is 19.3. The van der Waals surface area contributed by atoms with Gasteiger partial charge in [-0.3, -0.25) is 9.59 Å². The Labute approximate surface area is 162 Å². The van der Waals surface area contributed by atoms with E-state index in [0.29, 0.717) is 32.5 Å². The number of benzene rings is 1. The molecule has 2 rings (SSSR count). The van der Waals surface area contributed by atoms with E-state index in [1.165, 1.54) is 19.1 Å². The summed E-state index contributed by atoms with van der Waals surface area (Å²) in [6.07, 6.45) is 1.05. The Morgan fingerprint density at radius 3 is 2.38 bits per heavy atom. The molecule has 1 aliphatic rings. The molecule has 0 aromatic heterocycles. The zero-order valence-electron chi connectivity index (χ0n) is 14.8. The Balaban J connectivity index is 1.93. The Morgan fingerprint density at radius 2 is 1.85 bits per heavy atom. The molecule has 7 nitrogen and oxygen atoms in total. The second kappa shape index (κ2) is 8.96. The maximum absolute atomic E-state index is 12.5. The Bertz CT molecular complexity index is 743.